The summed E-state index contributed by atoms with van der Waals surface area (Å²) < 4.78 is 0. The molecule has 37 heavy (non-hydrogen) atoms. The number of hydrogen-bond acceptors (Lipinski definition) is 12. The van der Waals surface area contributed by atoms with E-state index in [1.165, 1.54) is 0 Å². The minimum absolute atomic E-state index is 0. The van der Waals surface area contributed by atoms with E-state index in [4.69, 9.17) is 20.4 Å². The van der Waals surface area contributed by atoms with E-state index < -0.39 is 47.8 Å². The van der Waals surface area contributed by atoms with Crippen LogP contribution in [0.25, 0.3) is 0 Å². The fourth-order valence-corrected chi connectivity index (χ4v) is 1.54. The summed E-state index contributed by atoms with van der Waals surface area (Å²) in [6.07, 6.45) is -0.508. The van der Waals surface area contributed by atoms with E-state index in [0.29, 0.717) is 0 Å². The summed E-state index contributed by atoms with van der Waals surface area (Å²) >= 11 is 0. The van der Waals surface area contributed by atoms with E-state index >= 15 is 0 Å². The number of rotatable bonds is 16. The van der Waals surface area contributed by atoms with Gasteiger partial charge in [0.15, 0.2) is 0 Å². The van der Waals surface area contributed by atoms with Crippen LogP contribution < -0.4 is 20.4 Å². The van der Waals surface area contributed by atoms with Gasteiger partial charge >= 0.3 is 49.7 Å². The van der Waals surface area contributed by atoms with Crippen molar-refractivity contribution >= 4 is 47.8 Å². The van der Waals surface area contributed by atoms with Crippen molar-refractivity contribution in [3.8, 4) is 0 Å². The summed E-state index contributed by atoms with van der Waals surface area (Å²) in [6, 6.07) is 0. The molecule has 0 heterocycles. The maximum atomic E-state index is 9.77. The van der Waals surface area contributed by atoms with E-state index in [-0.39, 0.29) is 103 Å². The summed E-state index contributed by atoms with van der Waals surface area (Å²) in [7, 11) is 0. The van der Waals surface area contributed by atoms with Gasteiger partial charge in [0.2, 0.25) is 0 Å². The Morgan fingerprint density at radius 2 is 0.486 bits per heavy atom. The molecule has 0 aliphatic rings. The second kappa shape index (κ2) is 30.7. The molecule has 208 valence electrons. The average Bonchev–Trinajstić information content (AvgIpc) is 2.67. The van der Waals surface area contributed by atoms with Crippen LogP contribution in [0.2, 0.25) is 0 Å². The zero-order chi connectivity index (χ0) is 29.1. The van der Waals surface area contributed by atoms with Gasteiger partial charge < -0.3 is 60.0 Å². The Bertz CT molecular complexity index is 543. The van der Waals surface area contributed by atoms with Crippen LogP contribution in [-0.4, -0.2) is 68.2 Å². The van der Waals surface area contributed by atoms with Crippen LogP contribution in [-0.2, 0) is 64.2 Å². The van der Waals surface area contributed by atoms with E-state index in [1.54, 1.807) is 0 Å². The molecule has 0 aromatic rings. The Balaban J connectivity index is -0.000000122. The topological polar surface area (TPSA) is 310 Å². The molecule has 0 atom stereocenters. The monoisotopic (exact) mass is 704 g/mol. The van der Waals surface area contributed by atoms with Crippen molar-refractivity contribution in [2.45, 2.75) is 77.0 Å². The third-order valence-electron chi connectivity index (χ3n) is 3.09. The van der Waals surface area contributed by atoms with Crippen LogP contribution in [0.4, 0.5) is 0 Å². The van der Waals surface area contributed by atoms with Gasteiger partial charge in [-0.2, -0.15) is 0 Å². The number of aliphatic carboxylic acids is 8. The Hall–Kier alpha value is -3.37. The molecule has 0 aromatic heterocycles. The molecule has 0 aliphatic heterocycles. The van der Waals surface area contributed by atoms with Crippen molar-refractivity contribution in [1.82, 2.24) is 0 Å². The Kier molecular flexibility index (Phi) is 36.2. The molecule has 0 fully saturated rings. The molecule has 4 N–H and O–H groups in total. The first-order valence-corrected chi connectivity index (χ1v) is 10.2. The van der Waals surface area contributed by atoms with Gasteiger partial charge in [-0.1, -0.05) is 0 Å². The maximum Gasteiger partial charge on any atom is 4.00 e. The summed E-state index contributed by atoms with van der Waals surface area (Å²) in [4.78, 5) is 77.8. The van der Waals surface area contributed by atoms with Crippen molar-refractivity contribution in [2.24, 2.45) is 0 Å². The first-order valence-electron chi connectivity index (χ1n) is 10.2. The first-order chi connectivity index (χ1) is 16.5. The number of carbonyl (C=O) groups is 8. The molecule has 0 radical (unpaired) electrons. The summed E-state index contributed by atoms with van der Waals surface area (Å²) in [5.74, 6) is -8.69. The quantitative estimate of drug-likeness (QED) is 0.111. The van der Waals surface area contributed by atoms with Crippen molar-refractivity contribution < 1.29 is 105 Å². The zero-order valence-electron chi connectivity index (χ0n) is 19.7. The predicted octanol–water partition coefficient (Wildman–Crippen LogP) is -4.04. The van der Waals surface area contributed by atoms with Crippen LogP contribution in [0.5, 0.6) is 0 Å². The van der Waals surface area contributed by atoms with Crippen LogP contribution in [0.1, 0.15) is 77.0 Å². The van der Waals surface area contributed by atoms with Crippen molar-refractivity contribution in [1.29, 1.82) is 0 Å². The molecule has 0 amide bonds. The van der Waals surface area contributed by atoms with E-state index in [9.17, 15) is 58.8 Å². The van der Waals surface area contributed by atoms with Gasteiger partial charge in [0.1, 0.15) is 0 Å². The third-order valence-corrected chi connectivity index (χ3v) is 3.09. The van der Waals surface area contributed by atoms with Crippen molar-refractivity contribution in [3.63, 3.8) is 0 Å². The molecule has 0 saturated heterocycles. The standard InChI is InChI=1S/4C5H8O4.Hf/c4*6-4(7)2-1-3-5(8)9;/h4*1-3H2,(H,6,7)(H,8,9);/q;;;;+4/p-4. The fraction of sp³-hybridized carbons (Fsp3) is 0.600. The van der Waals surface area contributed by atoms with Crippen molar-refractivity contribution in [2.75, 3.05) is 0 Å². The Labute approximate surface area is 229 Å². The Morgan fingerprint density at radius 1 is 0.351 bits per heavy atom. The molecule has 0 rings (SSSR count). The fourth-order valence-electron chi connectivity index (χ4n) is 1.54. The average molecular weight is 703 g/mol. The third kappa shape index (κ3) is 71.9. The molecule has 16 nitrogen and oxygen atoms in total. The summed E-state index contributed by atoms with van der Waals surface area (Å²) in [5.41, 5.74) is 0. The second-order valence-corrected chi connectivity index (χ2v) is 6.48. The predicted molar refractivity (Wildman–Crippen MR) is 106 cm³/mol. The molecule has 17 heteroatoms. The molecule has 0 aliphatic carbocycles. The number of carboxylic acid groups (broad SMARTS) is 8. The van der Waals surface area contributed by atoms with Crippen LogP contribution in [0, 0.1) is 0 Å². The van der Waals surface area contributed by atoms with Gasteiger partial charge in [0, 0.05) is 49.6 Å². The minimum Gasteiger partial charge on any atom is -0.550 e. The Morgan fingerprint density at radius 3 is 0.568 bits per heavy atom. The van der Waals surface area contributed by atoms with Crippen LogP contribution in [0.3, 0.4) is 0 Å². The molecular weight excluding hydrogens is 675 g/mol. The summed E-state index contributed by atoms with van der Waals surface area (Å²) in [5, 5.41) is 70.8. The number of carboxylic acids is 8. The van der Waals surface area contributed by atoms with Gasteiger partial charge in [0.25, 0.3) is 0 Å². The van der Waals surface area contributed by atoms with Gasteiger partial charge in [-0.3, -0.25) is 19.2 Å². The zero-order valence-corrected chi connectivity index (χ0v) is 23.3. The van der Waals surface area contributed by atoms with Gasteiger partial charge in [0.05, 0.1) is 0 Å². The first kappa shape index (κ1) is 43.7. The molecular formula is C20H28HfO16. The van der Waals surface area contributed by atoms with Crippen LogP contribution >= 0.6 is 0 Å². The molecule has 0 saturated carbocycles. The second-order valence-electron chi connectivity index (χ2n) is 6.48. The van der Waals surface area contributed by atoms with Gasteiger partial charge in [-0.15, -0.1) is 0 Å². The van der Waals surface area contributed by atoms with Crippen molar-refractivity contribution in [3.05, 3.63) is 0 Å². The smallest absolute Gasteiger partial charge is 0.550 e. The normalized spacial score (nSPS) is 8.65. The van der Waals surface area contributed by atoms with Gasteiger partial charge in [-0.05, 0) is 51.4 Å². The molecule has 0 aromatic carbocycles. The number of carbonyl (C=O) groups excluding carboxylic acids is 4. The van der Waals surface area contributed by atoms with E-state index in [2.05, 4.69) is 0 Å². The largest absolute Gasteiger partial charge is 4.00 e. The SMILES string of the molecule is O=C([O-])CCCC(=O)O.O=C([O-])CCCC(=O)O.O=C([O-])CCCC(=O)O.O=C([O-])CCCC(=O)O.[Hf+4]. The van der Waals surface area contributed by atoms with E-state index in [1.807, 2.05) is 0 Å². The maximum absolute atomic E-state index is 9.77. The van der Waals surface area contributed by atoms with Crippen LogP contribution in [0.15, 0.2) is 0 Å². The molecule has 0 bridgehead atoms. The molecule has 0 spiro atoms. The van der Waals surface area contributed by atoms with Gasteiger partial charge in [-0.25, -0.2) is 0 Å². The summed E-state index contributed by atoms with van der Waals surface area (Å²) in [6.45, 7) is 0. The molecule has 0 unspecified atom stereocenters. The number of hydrogen-bond donors (Lipinski definition) is 4. The minimum atomic E-state index is -1.20. The van der Waals surface area contributed by atoms with E-state index in [0.717, 1.165) is 0 Å².